The van der Waals surface area contributed by atoms with Crippen molar-refractivity contribution < 1.29 is 104 Å². The highest BCUT2D eigenvalue weighted by Gasteiger charge is 2.51. The van der Waals surface area contributed by atoms with E-state index >= 15 is 0 Å². The normalized spacial score (nSPS) is 33.2. The number of hydrogen-bond donors (Lipinski definition) is 12. The highest BCUT2D eigenvalue weighted by molar-refractivity contribution is 5.88. The second-order valence-corrected chi connectivity index (χ2v) is 15.2. The maximum atomic E-state index is 14.1. The van der Waals surface area contributed by atoms with Gasteiger partial charge in [0.25, 0.3) is 0 Å². The molecule has 1 aromatic heterocycles. The Balaban J connectivity index is 1.10. The minimum Gasteiger partial charge on any atom is -0.508 e. The van der Waals surface area contributed by atoms with Crippen LogP contribution >= 0.6 is 0 Å². The lowest BCUT2D eigenvalue weighted by atomic mass is 9.97. The second kappa shape index (κ2) is 19.3. The molecule has 4 aromatic rings. The van der Waals surface area contributed by atoms with Gasteiger partial charge in [0.2, 0.25) is 23.8 Å². The lowest BCUT2D eigenvalue weighted by Gasteiger charge is -2.45. The Kier molecular flexibility index (Phi) is 14.1. The Morgan fingerprint density at radius 2 is 1.28 bits per heavy atom. The summed E-state index contributed by atoms with van der Waals surface area (Å²) in [5, 5.41) is 125. The van der Waals surface area contributed by atoms with Crippen molar-refractivity contribution in [3.05, 3.63) is 82.5 Å². The zero-order valence-corrected chi connectivity index (χ0v) is 33.5. The van der Waals surface area contributed by atoms with Crippen LogP contribution in [0.4, 0.5) is 0 Å². The van der Waals surface area contributed by atoms with Gasteiger partial charge in [-0.15, -0.1) is 0 Å². The molecule has 22 heteroatoms. The van der Waals surface area contributed by atoms with E-state index in [-0.39, 0.29) is 34.2 Å². The Hall–Kier alpha value is -5.44. The summed E-state index contributed by atoms with van der Waals surface area (Å²) < 4.78 is 45.3. The number of benzene rings is 3. The zero-order chi connectivity index (χ0) is 46.1. The summed E-state index contributed by atoms with van der Waals surface area (Å²) in [6, 6.07) is 13.1. The lowest BCUT2D eigenvalue weighted by Crippen LogP contribution is -2.64. The number of ether oxygens (including phenoxy) is 7. The molecule has 15 atom stereocenters. The number of hydrogen-bond acceptors (Lipinski definition) is 22. The fourth-order valence-electron chi connectivity index (χ4n) is 7.19. The van der Waals surface area contributed by atoms with Crippen LogP contribution in [0.2, 0.25) is 0 Å². The van der Waals surface area contributed by atoms with Crippen LogP contribution in [0, 0.1) is 0 Å². The van der Waals surface area contributed by atoms with Crippen LogP contribution in [-0.2, 0) is 28.5 Å². The van der Waals surface area contributed by atoms with Crippen LogP contribution in [0.1, 0.15) is 12.5 Å². The van der Waals surface area contributed by atoms with Gasteiger partial charge in [-0.1, -0.05) is 12.1 Å². The lowest BCUT2D eigenvalue weighted by molar-refractivity contribution is -0.350. The third kappa shape index (κ3) is 9.64. The SMILES string of the molecule is C[C@@H]1O[C@@H](Oc2cc(O)c3c(=O)c(O[C@@H]4O[C@H](CO)[C@@H](O)[C@H](O)[C@H]4O)c(-c4ccc(O)cc4)oc3c2)[C@H](O)[C@H](O[C@@H]2O[C@H](COC(=O)C=Cc3ccc(O)cc3)[C@@H](O)[C@H](O)[C@H]2O)[C@H]1O. The molecule has 0 radical (unpaired) electrons. The van der Waals surface area contributed by atoms with Gasteiger partial charge < -0.3 is 98.9 Å². The van der Waals surface area contributed by atoms with Crippen molar-refractivity contribution in [2.24, 2.45) is 0 Å². The summed E-state index contributed by atoms with van der Waals surface area (Å²) in [6.45, 7) is -0.0602. The van der Waals surface area contributed by atoms with Crippen molar-refractivity contribution in [1.29, 1.82) is 0 Å². The molecule has 64 heavy (non-hydrogen) atoms. The van der Waals surface area contributed by atoms with Gasteiger partial charge in [-0.25, -0.2) is 4.79 Å². The van der Waals surface area contributed by atoms with E-state index in [2.05, 4.69) is 0 Å². The first-order chi connectivity index (χ1) is 30.4. The van der Waals surface area contributed by atoms with Gasteiger partial charge in [-0.3, -0.25) is 4.79 Å². The van der Waals surface area contributed by atoms with Crippen LogP contribution in [0.3, 0.4) is 0 Å². The van der Waals surface area contributed by atoms with E-state index in [0.717, 1.165) is 18.2 Å². The molecule has 12 N–H and O–H groups in total. The third-order valence-electron chi connectivity index (χ3n) is 10.8. The van der Waals surface area contributed by atoms with E-state index in [1.54, 1.807) is 0 Å². The number of rotatable bonds is 12. The van der Waals surface area contributed by atoms with E-state index in [0.29, 0.717) is 5.56 Å². The smallest absolute Gasteiger partial charge is 0.330 e. The van der Waals surface area contributed by atoms with Crippen LogP contribution in [0.5, 0.6) is 28.7 Å². The first-order valence-corrected chi connectivity index (χ1v) is 19.7. The highest BCUT2D eigenvalue weighted by atomic mass is 16.7. The standard InChI is InChI=1S/C42H46O22/c1-16-28(48)38(63-41-35(55)33(53)30(50)25(62-41)15-57-26(47)11-4-17-2-7-19(44)8-3-17)36(56)42(58-16)59-21-12-22(46)27-23(13-21)60-37(18-5-9-20(45)10-6-18)39(31(27)51)64-40-34(54)32(52)29(49)24(14-43)61-40/h2-13,16,24-25,28-30,32-36,38,40-46,48-50,52-56H,14-15H2,1H3/t16-,24+,25+,28-,29+,30+,32-,33-,34+,35+,36+,38+,40-,41-,42-/m0/s1. The van der Waals surface area contributed by atoms with Crippen molar-refractivity contribution in [3.63, 3.8) is 0 Å². The zero-order valence-electron chi connectivity index (χ0n) is 33.5. The summed E-state index contributed by atoms with van der Waals surface area (Å²) in [4.78, 5) is 26.5. The predicted octanol–water partition coefficient (Wildman–Crippen LogP) is -1.95. The summed E-state index contributed by atoms with van der Waals surface area (Å²) in [6.07, 6.45) is -23.5. The van der Waals surface area contributed by atoms with E-state index < -0.39 is 134 Å². The number of phenolic OH excluding ortho intramolecular Hbond substituents is 3. The number of aliphatic hydroxyl groups excluding tert-OH is 9. The molecule has 0 bridgehead atoms. The second-order valence-electron chi connectivity index (χ2n) is 15.2. The van der Waals surface area contributed by atoms with Gasteiger partial charge in [-0.2, -0.15) is 0 Å². The molecule has 0 saturated carbocycles. The maximum Gasteiger partial charge on any atom is 0.330 e. The van der Waals surface area contributed by atoms with Crippen molar-refractivity contribution >= 4 is 23.0 Å². The number of aliphatic hydroxyl groups is 9. The molecule has 0 aliphatic carbocycles. The molecule has 0 spiro atoms. The predicted molar refractivity (Wildman–Crippen MR) is 212 cm³/mol. The van der Waals surface area contributed by atoms with Crippen molar-refractivity contribution in [1.82, 2.24) is 0 Å². The molecule has 4 heterocycles. The molecular formula is C42H46O22. The fraction of sp³-hybridized carbons (Fsp3) is 0.429. The monoisotopic (exact) mass is 902 g/mol. The largest absolute Gasteiger partial charge is 0.508 e. The maximum absolute atomic E-state index is 14.1. The van der Waals surface area contributed by atoms with E-state index in [1.807, 2.05) is 0 Å². The quantitative estimate of drug-likeness (QED) is 0.0543. The average molecular weight is 903 g/mol. The Morgan fingerprint density at radius 3 is 1.94 bits per heavy atom. The minimum absolute atomic E-state index is 0.0193. The van der Waals surface area contributed by atoms with E-state index in [1.165, 1.54) is 61.5 Å². The Morgan fingerprint density at radius 1 is 0.688 bits per heavy atom. The Labute approximate surface area is 361 Å². The molecular weight excluding hydrogens is 856 g/mol. The van der Waals surface area contributed by atoms with Crippen LogP contribution in [0.25, 0.3) is 28.4 Å². The molecule has 22 nitrogen and oxygen atoms in total. The van der Waals surface area contributed by atoms with Gasteiger partial charge in [0.05, 0.1) is 12.7 Å². The van der Waals surface area contributed by atoms with Gasteiger partial charge in [0.1, 0.15) is 108 Å². The van der Waals surface area contributed by atoms with Crippen LogP contribution in [0.15, 0.2) is 76.0 Å². The fourth-order valence-corrected chi connectivity index (χ4v) is 7.19. The molecule has 3 aliphatic heterocycles. The minimum atomic E-state index is -1.95. The molecule has 0 amide bonds. The number of carbonyl (C=O) groups excluding carboxylic acids is 1. The van der Waals surface area contributed by atoms with Gasteiger partial charge in [0.15, 0.2) is 12.1 Å². The van der Waals surface area contributed by atoms with Crippen LogP contribution in [-0.4, -0.2) is 173 Å². The van der Waals surface area contributed by atoms with E-state index in [4.69, 9.17) is 37.6 Å². The first kappa shape index (κ1) is 46.5. The molecule has 0 unspecified atom stereocenters. The molecule has 3 aromatic carbocycles. The van der Waals surface area contributed by atoms with Gasteiger partial charge in [-0.05, 0) is 55.0 Å². The van der Waals surface area contributed by atoms with Crippen LogP contribution < -0.4 is 14.9 Å². The Bertz CT molecular complexity index is 2330. The topological polar surface area (TPSA) is 355 Å². The van der Waals surface area contributed by atoms with Crippen molar-refractivity contribution in [2.75, 3.05) is 13.2 Å². The molecule has 7 rings (SSSR count). The van der Waals surface area contributed by atoms with Gasteiger partial charge >= 0.3 is 5.97 Å². The summed E-state index contributed by atoms with van der Waals surface area (Å²) in [5.41, 5.74) is -0.712. The summed E-state index contributed by atoms with van der Waals surface area (Å²) in [5.74, 6) is -3.07. The average Bonchev–Trinajstić information content (AvgIpc) is 3.27. The van der Waals surface area contributed by atoms with Crippen molar-refractivity contribution in [3.8, 4) is 40.1 Å². The molecule has 3 fully saturated rings. The summed E-state index contributed by atoms with van der Waals surface area (Å²) >= 11 is 0. The number of phenols is 3. The molecule has 3 aliphatic rings. The van der Waals surface area contributed by atoms with Gasteiger partial charge in [0, 0.05) is 23.8 Å². The number of esters is 1. The number of aromatic hydroxyl groups is 3. The molecule has 346 valence electrons. The number of fused-ring (bicyclic) bond motifs is 1. The van der Waals surface area contributed by atoms with Crippen molar-refractivity contribution in [2.45, 2.75) is 99.0 Å². The third-order valence-corrected chi connectivity index (χ3v) is 10.8. The first-order valence-electron chi connectivity index (χ1n) is 19.7. The highest BCUT2D eigenvalue weighted by Crippen LogP contribution is 2.39. The van der Waals surface area contributed by atoms with E-state index in [9.17, 15) is 70.9 Å². The molecule has 3 saturated heterocycles. The number of carbonyl (C=O) groups is 1. The summed E-state index contributed by atoms with van der Waals surface area (Å²) in [7, 11) is 0.